The monoisotopic (exact) mass is 552 g/mol. The van der Waals surface area contributed by atoms with E-state index in [0.29, 0.717) is 0 Å². The van der Waals surface area contributed by atoms with E-state index in [0.717, 1.165) is 28.0 Å². The molecule has 0 spiro atoms. The zero-order valence-corrected chi connectivity index (χ0v) is 23.2. The lowest BCUT2D eigenvalue weighted by atomic mass is 9.91. The lowest BCUT2D eigenvalue weighted by molar-refractivity contribution is -0.141. The zero-order valence-electron chi connectivity index (χ0n) is 22.4. The van der Waals surface area contributed by atoms with Crippen LogP contribution in [0.15, 0.2) is 40.4 Å². The molecule has 2 amide bonds. The van der Waals surface area contributed by atoms with Crippen molar-refractivity contribution in [1.82, 2.24) is 20.4 Å². The first-order chi connectivity index (χ1) is 18.7. The number of hydrogen-bond acceptors (Lipinski definition) is 9. The van der Waals surface area contributed by atoms with Gasteiger partial charge in [-0.05, 0) is 36.0 Å². The minimum atomic E-state index is -0.918. The molecule has 0 bridgehead atoms. The van der Waals surface area contributed by atoms with Gasteiger partial charge in [-0.2, -0.15) is 0 Å². The zero-order chi connectivity index (χ0) is 28.1. The topological polar surface area (TPSA) is 132 Å². The number of amides is 2. The number of nitrogens with zero attached hydrogens (tertiary/aromatic N) is 3. The van der Waals surface area contributed by atoms with Crippen molar-refractivity contribution in [3.8, 4) is 16.3 Å². The van der Waals surface area contributed by atoms with Crippen molar-refractivity contribution in [2.75, 3.05) is 13.2 Å². The molecular formula is C28H32N4O6S. The summed E-state index contributed by atoms with van der Waals surface area (Å²) in [5.74, 6) is -1.47. The fourth-order valence-electron chi connectivity index (χ4n) is 4.66. The number of Topliss-reactive ketones (excluding diaryl/α,β-unsaturated/α-hetero) is 1. The molecule has 39 heavy (non-hydrogen) atoms. The van der Waals surface area contributed by atoms with Crippen LogP contribution in [0.1, 0.15) is 62.6 Å². The highest BCUT2D eigenvalue weighted by atomic mass is 32.1. The Bertz CT molecular complexity index is 1330. The number of aryl methyl sites for hydroxylation is 1. The van der Waals surface area contributed by atoms with Gasteiger partial charge in [0, 0.05) is 18.9 Å². The highest BCUT2D eigenvalue weighted by Gasteiger charge is 2.43. The van der Waals surface area contributed by atoms with Crippen LogP contribution in [-0.2, 0) is 19.2 Å². The van der Waals surface area contributed by atoms with E-state index in [2.05, 4.69) is 15.5 Å². The van der Waals surface area contributed by atoms with E-state index >= 15 is 0 Å². The molecule has 1 saturated heterocycles. The number of hydrogen-bond donors (Lipinski definition) is 1. The first-order valence-electron chi connectivity index (χ1n) is 12.9. The fraction of sp³-hybridized carbons (Fsp3) is 0.429. The summed E-state index contributed by atoms with van der Waals surface area (Å²) in [6, 6.07) is 8.16. The largest absolute Gasteiger partial charge is 0.475 e. The summed E-state index contributed by atoms with van der Waals surface area (Å²) in [5.41, 5.74) is 4.74. The van der Waals surface area contributed by atoms with Crippen LogP contribution in [0.2, 0.25) is 0 Å². The summed E-state index contributed by atoms with van der Waals surface area (Å²) >= 11 is 1.58. The number of carbonyl (C=O) groups is 4. The summed E-state index contributed by atoms with van der Waals surface area (Å²) in [6.07, 6.45) is 0.890. The lowest BCUT2D eigenvalue weighted by Gasteiger charge is -2.29. The second kappa shape index (κ2) is 12.3. The van der Waals surface area contributed by atoms with Crippen molar-refractivity contribution in [3.63, 3.8) is 0 Å². The maximum atomic E-state index is 13.7. The van der Waals surface area contributed by atoms with E-state index in [1.807, 2.05) is 57.5 Å². The van der Waals surface area contributed by atoms with Crippen LogP contribution in [0.25, 0.3) is 10.4 Å². The molecule has 1 aliphatic heterocycles. The van der Waals surface area contributed by atoms with Gasteiger partial charge in [0.1, 0.15) is 18.2 Å². The van der Waals surface area contributed by atoms with Gasteiger partial charge in [-0.1, -0.05) is 38.1 Å². The molecule has 11 heteroatoms. The Morgan fingerprint density at radius 1 is 1.26 bits per heavy atom. The van der Waals surface area contributed by atoms with E-state index in [1.54, 1.807) is 11.3 Å². The van der Waals surface area contributed by atoms with Gasteiger partial charge in [-0.25, -0.2) is 4.98 Å². The van der Waals surface area contributed by atoms with Crippen LogP contribution in [0.5, 0.6) is 5.88 Å². The van der Waals surface area contributed by atoms with E-state index in [9.17, 15) is 19.2 Å². The number of rotatable bonds is 11. The average Bonchev–Trinajstić information content (AvgIpc) is 3.64. The van der Waals surface area contributed by atoms with Crippen molar-refractivity contribution < 1.29 is 28.4 Å². The summed E-state index contributed by atoms with van der Waals surface area (Å²) in [7, 11) is 0. The first-order valence-corrected chi connectivity index (χ1v) is 13.7. The number of thiazole rings is 1. The predicted molar refractivity (Wildman–Crippen MR) is 144 cm³/mol. The number of ketones is 1. The van der Waals surface area contributed by atoms with Crippen molar-refractivity contribution in [3.05, 3.63) is 52.9 Å². The predicted octanol–water partition coefficient (Wildman–Crippen LogP) is 3.86. The standard InChI is InChI=1S/C28H32N4O6S/c1-16(2)25(23-13-24(31-38-23)37-11-5-10-33)28(36)32-14-21(34)12-22(32)27(35)30-17(3)19-6-8-20(9-7-19)26-18(4)29-15-39-26/h6-10,13,15-17,22,25H,5,11-12,14H2,1-4H3,(H,30,35)/t17-,22-,25+/m0/s1. The first kappa shape index (κ1) is 28.2. The van der Waals surface area contributed by atoms with Gasteiger partial charge in [0.2, 0.25) is 11.8 Å². The molecule has 1 N–H and O–H groups in total. The molecule has 10 nitrogen and oxygen atoms in total. The van der Waals surface area contributed by atoms with Crippen LogP contribution in [0.4, 0.5) is 0 Å². The van der Waals surface area contributed by atoms with E-state index in [4.69, 9.17) is 9.26 Å². The van der Waals surface area contributed by atoms with Crippen LogP contribution < -0.4 is 10.1 Å². The van der Waals surface area contributed by atoms with Crippen molar-refractivity contribution in [1.29, 1.82) is 0 Å². The molecule has 1 fully saturated rings. The minimum absolute atomic E-state index is 0.0465. The molecule has 0 unspecified atom stereocenters. The fourth-order valence-corrected chi connectivity index (χ4v) is 5.48. The quantitative estimate of drug-likeness (QED) is 0.280. The third-order valence-corrected chi connectivity index (χ3v) is 7.72. The van der Waals surface area contributed by atoms with Gasteiger partial charge in [0.25, 0.3) is 5.88 Å². The average molecular weight is 553 g/mol. The highest BCUT2D eigenvalue weighted by Crippen LogP contribution is 2.32. The Morgan fingerprint density at radius 3 is 2.64 bits per heavy atom. The normalized spacial score (nSPS) is 16.8. The molecule has 4 rings (SSSR count). The summed E-state index contributed by atoms with van der Waals surface area (Å²) in [4.78, 5) is 56.7. The number of likely N-dealkylation sites (tertiary alicyclic amines) is 1. The SMILES string of the molecule is Cc1ncsc1-c1ccc([C@H](C)NC(=O)[C@@H]2CC(=O)CN2C(=O)[C@@H](c2cc(OCCC=O)no2)C(C)C)cc1. The molecule has 1 aromatic carbocycles. The van der Waals surface area contributed by atoms with Gasteiger partial charge in [0.05, 0.1) is 35.3 Å². The van der Waals surface area contributed by atoms with E-state index in [-0.39, 0.29) is 67.2 Å². The third-order valence-electron chi connectivity index (χ3n) is 6.74. The molecule has 3 heterocycles. The number of carbonyl (C=O) groups excluding carboxylic acids is 4. The van der Waals surface area contributed by atoms with Gasteiger partial charge in [-0.3, -0.25) is 14.4 Å². The third kappa shape index (κ3) is 6.42. The molecule has 0 saturated carbocycles. The molecular weight excluding hydrogens is 520 g/mol. The van der Waals surface area contributed by atoms with Crippen LogP contribution in [-0.4, -0.2) is 58.1 Å². The van der Waals surface area contributed by atoms with E-state index < -0.39 is 12.0 Å². The number of nitrogens with one attached hydrogen (secondary N) is 1. The van der Waals surface area contributed by atoms with Crippen molar-refractivity contribution in [2.24, 2.45) is 5.92 Å². The van der Waals surface area contributed by atoms with Crippen LogP contribution in [0.3, 0.4) is 0 Å². The Balaban J connectivity index is 1.45. The van der Waals surface area contributed by atoms with Gasteiger partial charge < -0.3 is 24.3 Å². The Kier molecular flexibility index (Phi) is 8.90. The van der Waals surface area contributed by atoms with Gasteiger partial charge in [-0.15, -0.1) is 11.3 Å². The molecule has 1 aliphatic rings. The highest BCUT2D eigenvalue weighted by molar-refractivity contribution is 7.13. The Morgan fingerprint density at radius 2 is 2.00 bits per heavy atom. The summed E-state index contributed by atoms with van der Waals surface area (Å²) in [5, 5.41) is 6.81. The number of aldehydes is 1. The maximum Gasteiger partial charge on any atom is 0.254 e. The maximum absolute atomic E-state index is 13.7. The Hall–Kier alpha value is -3.86. The van der Waals surface area contributed by atoms with Gasteiger partial charge in [0.15, 0.2) is 11.5 Å². The second-order valence-electron chi connectivity index (χ2n) is 9.94. The molecule has 2 aromatic heterocycles. The lowest BCUT2D eigenvalue weighted by Crippen LogP contribution is -2.48. The number of benzene rings is 1. The second-order valence-corrected chi connectivity index (χ2v) is 10.8. The molecule has 3 atom stereocenters. The van der Waals surface area contributed by atoms with Crippen molar-refractivity contribution in [2.45, 2.75) is 58.5 Å². The summed E-state index contributed by atoms with van der Waals surface area (Å²) in [6.45, 7) is 7.53. The molecule has 206 valence electrons. The smallest absolute Gasteiger partial charge is 0.254 e. The molecule has 3 aromatic rings. The van der Waals surface area contributed by atoms with Crippen LogP contribution >= 0.6 is 11.3 Å². The minimum Gasteiger partial charge on any atom is -0.475 e. The van der Waals surface area contributed by atoms with E-state index in [1.165, 1.54) is 11.0 Å². The van der Waals surface area contributed by atoms with Gasteiger partial charge >= 0.3 is 0 Å². The molecule has 0 aliphatic carbocycles. The summed E-state index contributed by atoms with van der Waals surface area (Å²) < 4.78 is 10.8. The van der Waals surface area contributed by atoms with Crippen molar-refractivity contribution >= 4 is 35.2 Å². The number of aromatic nitrogens is 2. The van der Waals surface area contributed by atoms with Crippen LogP contribution in [0, 0.1) is 12.8 Å². The Labute approximate surface area is 230 Å². The molecule has 0 radical (unpaired) electrons. The number of ether oxygens (including phenoxy) is 1.